The van der Waals surface area contributed by atoms with Gasteiger partial charge in [0.2, 0.25) is 0 Å². The van der Waals surface area contributed by atoms with Crippen LogP contribution in [0.5, 0.6) is 0 Å². The lowest BCUT2D eigenvalue weighted by Gasteiger charge is -2.42. The molecule has 2 aliphatic carbocycles. The minimum absolute atomic E-state index is 0.339. The summed E-state index contributed by atoms with van der Waals surface area (Å²) in [7, 11) is 2.08. The van der Waals surface area contributed by atoms with E-state index >= 15 is 0 Å². The smallest absolute Gasteiger partial charge is 0.323 e. The average Bonchev–Trinajstić information content (AvgIpc) is 3.23. The highest BCUT2D eigenvalue weighted by Gasteiger charge is 2.46. The van der Waals surface area contributed by atoms with Crippen molar-refractivity contribution in [3.05, 3.63) is 0 Å². The molecule has 0 aromatic carbocycles. The van der Waals surface area contributed by atoms with Gasteiger partial charge in [0.25, 0.3) is 0 Å². The summed E-state index contributed by atoms with van der Waals surface area (Å²) in [4.78, 5) is 14.0. The molecule has 20 heavy (non-hydrogen) atoms. The molecule has 0 aromatic rings. The van der Waals surface area contributed by atoms with Crippen LogP contribution in [0.4, 0.5) is 0 Å². The van der Waals surface area contributed by atoms with Crippen molar-refractivity contribution in [1.82, 2.24) is 10.2 Å². The van der Waals surface area contributed by atoms with Crippen LogP contribution in [0.2, 0.25) is 0 Å². The van der Waals surface area contributed by atoms with Crippen LogP contribution in [0.3, 0.4) is 0 Å². The first-order chi connectivity index (χ1) is 9.57. The molecule has 0 aliphatic heterocycles. The van der Waals surface area contributed by atoms with Crippen LogP contribution < -0.4 is 5.32 Å². The fourth-order valence-corrected chi connectivity index (χ4v) is 3.16. The Hall–Kier alpha value is -0.650. The van der Waals surface area contributed by atoms with E-state index in [1.54, 1.807) is 0 Å². The zero-order valence-corrected chi connectivity index (χ0v) is 12.7. The monoisotopic (exact) mass is 284 g/mol. The molecule has 2 unspecified atom stereocenters. The third kappa shape index (κ3) is 3.93. The molecule has 0 spiro atoms. The van der Waals surface area contributed by atoms with E-state index in [1.807, 2.05) is 6.92 Å². The fraction of sp³-hybridized carbons (Fsp3) is 0.933. The highest BCUT2D eigenvalue weighted by molar-refractivity contribution is 5.79. The van der Waals surface area contributed by atoms with Gasteiger partial charge in [-0.25, -0.2) is 0 Å². The Balaban J connectivity index is 1.92. The lowest BCUT2D eigenvalue weighted by atomic mass is 9.78. The van der Waals surface area contributed by atoms with Crippen molar-refractivity contribution >= 4 is 5.97 Å². The molecule has 2 saturated carbocycles. The number of hydrogen-bond acceptors (Lipinski definition) is 4. The van der Waals surface area contributed by atoms with Crippen molar-refractivity contribution in [2.24, 2.45) is 0 Å². The Labute approximate surface area is 121 Å². The molecular weight excluding hydrogens is 256 g/mol. The summed E-state index contributed by atoms with van der Waals surface area (Å²) in [5, 5.41) is 13.1. The minimum Gasteiger partial charge on any atom is -0.480 e. The number of carboxylic acid groups (broad SMARTS) is 1. The zero-order chi connectivity index (χ0) is 14.6. The molecule has 5 nitrogen and oxygen atoms in total. The van der Waals surface area contributed by atoms with E-state index in [1.165, 1.54) is 0 Å². The first-order valence-corrected chi connectivity index (χ1v) is 7.86. The number of carboxylic acids is 1. The molecule has 116 valence electrons. The molecule has 2 atom stereocenters. The first-order valence-electron chi connectivity index (χ1n) is 7.86. The van der Waals surface area contributed by atoms with E-state index in [2.05, 4.69) is 17.3 Å². The van der Waals surface area contributed by atoms with E-state index in [-0.39, 0.29) is 0 Å². The fourth-order valence-electron chi connectivity index (χ4n) is 3.16. The van der Waals surface area contributed by atoms with Gasteiger partial charge in [0.05, 0.1) is 6.61 Å². The third-order valence-electron chi connectivity index (χ3n) is 4.61. The number of nitrogens with zero attached hydrogens (tertiary/aromatic N) is 1. The van der Waals surface area contributed by atoms with Crippen molar-refractivity contribution in [3.8, 4) is 0 Å². The Morgan fingerprint density at radius 3 is 2.80 bits per heavy atom. The van der Waals surface area contributed by atoms with Gasteiger partial charge in [-0.05, 0) is 52.5 Å². The summed E-state index contributed by atoms with van der Waals surface area (Å²) in [5.41, 5.74) is -0.704. The zero-order valence-electron chi connectivity index (χ0n) is 12.7. The van der Waals surface area contributed by atoms with Gasteiger partial charge in [-0.3, -0.25) is 10.1 Å². The Morgan fingerprint density at radius 1 is 1.45 bits per heavy atom. The molecule has 0 saturated heterocycles. The molecule has 2 fully saturated rings. The number of hydrogen-bond donors (Lipinski definition) is 2. The second kappa shape index (κ2) is 6.87. The molecule has 0 heterocycles. The second-order valence-corrected chi connectivity index (χ2v) is 6.23. The van der Waals surface area contributed by atoms with E-state index in [0.29, 0.717) is 18.5 Å². The van der Waals surface area contributed by atoms with Gasteiger partial charge in [-0.1, -0.05) is 0 Å². The number of ether oxygens (including phenoxy) is 1. The van der Waals surface area contributed by atoms with E-state index in [9.17, 15) is 9.90 Å². The maximum absolute atomic E-state index is 11.8. The number of nitrogens with one attached hydrogen (secondary N) is 1. The summed E-state index contributed by atoms with van der Waals surface area (Å²) >= 11 is 0. The highest BCUT2D eigenvalue weighted by Crippen LogP contribution is 2.34. The lowest BCUT2D eigenvalue weighted by molar-refractivity contribution is -0.147. The summed E-state index contributed by atoms with van der Waals surface area (Å²) in [6, 6.07) is 0.769. The van der Waals surface area contributed by atoms with Gasteiger partial charge in [-0.2, -0.15) is 0 Å². The van der Waals surface area contributed by atoms with Gasteiger partial charge in [-0.15, -0.1) is 0 Å². The number of carbonyl (C=O) groups is 1. The van der Waals surface area contributed by atoms with Gasteiger partial charge in [0, 0.05) is 25.2 Å². The van der Waals surface area contributed by atoms with Crippen molar-refractivity contribution in [3.63, 3.8) is 0 Å². The van der Waals surface area contributed by atoms with Crippen molar-refractivity contribution in [2.45, 2.75) is 63.1 Å². The normalized spacial score (nSPS) is 30.6. The summed E-state index contributed by atoms with van der Waals surface area (Å²) in [6.45, 7) is 4.33. The SMILES string of the molecule is CCOCCN(C)C1CCCC(NC2CC2)(C(=O)O)C1. The Bertz CT molecular complexity index is 333. The quantitative estimate of drug-likeness (QED) is 0.661. The molecule has 2 N–H and O–H groups in total. The molecule has 5 heteroatoms. The van der Waals surface area contributed by atoms with Crippen LogP contribution in [0, 0.1) is 0 Å². The van der Waals surface area contributed by atoms with E-state index in [0.717, 1.165) is 51.9 Å². The van der Waals surface area contributed by atoms with Crippen LogP contribution in [-0.4, -0.2) is 60.4 Å². The third-order valence-corrected chi connectivity index (χ3v) is 4.61. The van der Waals surface area contributed by atoms with Crippen molar-refractivity contribution in [1.29, 1.82) is 0 Å². The van der Waals surface area contributed by atoms with Gasteiger partial charge in [0.15, 0.2) is 0 Å². The number of rotatable bonds is 8. The van der Waals surface area contributed by atoms with Crippen LogP contribution in [0.1, 0.15) is 45.4 Å². The van der Waals surface area contributed by atoms with Gasteiger partial charge >= 0.3 is 5.97 Å². The molecule has 2 rings (SSSR count). The molecule has 0 aromatic heterocycles. The molecule has 2 aliphatic rings. The molecule has 0 radical (unpaired) electrons. The van der Waals surface area contributed by atoms with Crippen molar-refractivity contribution in [2.75, 3.05) is 26.8 Å². The van der Waals surface area contributed by atoms with Crippen LogP contribution in [0.15, 0.2) is 0 Å². The standard InChI is InChI=1S/C15H28N2O3/c1-3-20-10-9-17(2)13-5-4-8-15(11-13,14(18)19)16-12-6-7-12/h12-13,16H,3-11H2,1-2H3,(H,18,19). The maximum Gasteiger partial charge on any atom is 0.323 e. The summed E-state index contributed by atoms with van der Waals surface area (Å²) in [6.07, 6.45) is 5.79. The number of aliphatic carboxylic acids is 1. The second-order valence-electron chi connectivity index (χ2n) is 6.23. The first kappa shape index (κ1) is 15.7. The molecule has 0 amide bonds. The largest absolute Gasteiger partial charge is 0.480 e. The number of likely N-dealkylation sites (N-methyl/N-ethyl adjacent to an activating group) is 1. The predicted molar refractivity (Wildman–Crippen MR) is 77.9 cm³/mol. The Morgan fingerprint density at radius 2 is 2.20 bits per heavy atom. The average molecular weight is 284 g/mol. The van der Waals surface area contributed by atoms with Crippen LogP contribution in [0.25, 0.3) is 0 Å². The lowest BCUT2D eigenvalue weighted by Crippen LogP contribution is -2.58. The van der Waals surface area contributed by atoms with Crippen LogP contribution in [-0.2, 0) is 9.53 Å². The van der Waals surface area contributed by atoms with E-state index in [4.69, 9.17) is 4.74 Å². The maximum atomic E-state index is 11.8. The summed E-state index contributed by atoms with van der Waals surface area (Å²) < 4.78 is 5.40. The van der Waals surface area contributed by atoms with Crippen LogP contribution >= 0.6 is 0 Å². The van der Waals surface area contributed by atoms with Gasteiger partial charge < -0.3 is 14.7 Å². The highest BCUT2D eigenvalue weighted by atomic mass is 16.5. The van der Waals surface area contributed by atoms with Gasteiger partial charge in [0.1, 0.15) is 5.54 Å². The summed E-state index contributed by atoms with van der Waals surface area (Å²) in [5.74, 6) is -0.674. The minimum atomic E-state index is -0.704. The van der Waals surface area contributed by atoms with Crippen molar-refractivity contribution < 1.29 is 14.6 Å². The molecule has 0 bridgehead atoms. The van der Waals surface area contributed by atoms with E-state index < -0.39 is 11.5 Å². The predicted octanol–water partition coefficient (Wildman–Crippen LogP) is 1.47. The Kier molecular flexibility index (Phi) is 5.41. The molecular formula is C15H28N2O3. The topological polar surface area (TPSA) is 61.8 Å².